The molecule has 1 saturated heterocycles. The molecule has 0 aromatic carbocycles. The fraction of sp³-hybridized carbons (Fsp3) is 0.868. The van der Waals surface area contributed by atoms with Gasteiger partial charge < -0.3 is 40.3 Å². The number of carbonyl (C=O) groups excluding carboxylic acids is 1. The summed E-state index contributed by atoms with van der Waals surface area (Å²) in [7, 11) is 0. The Morgan fingerprint density at radius 1 is 0.532 bits per heavy atom. The molecule has 0 aromatic rings. The third-order valence-electron chi connectivity index (χ3n) is 12.4. The summed E-state index contributed by atoms with van der Waals surface area (Å²) in [4.78, 5) is 13.0. The van der Waals surface area contributed by atoms with Crippen LogP contribution in [0.5, 0.6) is 0 Å². The van der Waals surface area contributed by atoms with Gasteiger partial charge in [0, 0.05) is 6.42 Å². The van der Waals surface area contributed by atoms with E-state index >= 15 is 0 Å². The fourth-order valence-electron chi connectivity index (χ4n) is 8.23. The van der Waals surface area contributed by atoms with Crippen molar-refractivity contribution in [2.45, 2.75) is 281 Å². The van der Waals surface area contributed by atoms with Crippen molar-refractivity contribution in [2.24, 2.45) is 0 Å². The highest BCUT2D eigenvalue weighted by Crippen LogP contribution is 2.23. The van der Waals surface area contributed by atoms with Crippen LogP contribution in [0.25, 0.3) is 0 Å². The van der Waals surface area contributed by atoms with Crippen LogP contribution in [-0.4, -0.2) is 87.5 Å². The molecule has 7 atom stereocenters. The van der Waals surface area contributed by atoms with E-state index in [4.69, 9.17) is 9.47 Å². The molecule has 1 aliphatic heterocycles. The van der Waals surface area contributed by atoms with Crippen molar-refractivity contribution in [1.82, 2.24) is 5.32 Å². The molecular formula is C53H99NO8. The molecule has 0 radical (unpaired) electrons. The first-order chi connectivity index (χ1) is 30.3. The maximum Gasteiger partial charge on any atom is 0.220 e. The van der Waals surface area contributed by atoms with E-state index in [2.05, 4.69) is 43.5 Å². The standard InChI is InChI=1S/C53H99NO8/c1-3-5-7-9-11-13-15-17-19-21-23-25-26-28-30-32-34-36-38-40-42-47(56)46(45-61-53-52(60)51(59)50(58)48(44-55)62-53)54-49(57)43-41-39-37-35-33-31-29-27-24-22-20-18-16-14-12-10-8-6-4-2/h22,24,32,34,40,42,46-48,50-53,55-56,58-60H,3-21,23,25-31,33,35-39,41,43-45H2,1-2H3,(H,54,57)/b24-22-,34-32+,42-40+. The molecule has 1 amide bonds. The van der Waals surface area contributed by atoms with Crippen molar-refractivity contribution in [1.29, 1.82) is 0 Å². The minimum Gasteiger partial charge on any atom is -0.394 e. The lowest BCUT2D eigenvalue weighted by Gasteiger charge is -2.40. The molecule has 0 spiro atoms. The van der Waals surface area contributed by atoms with E-state index in [-0.39, 0.29) is 12.5 Å². The van der Waals surface area contributed by atoms with Gasteiger partial charge in [0.1, 0.15) is 24.4 Å². The first-order valence-corrected chi connectivity index (χ1v) is 26.2. The smallest absolute Gasteiger partial charge is 0.220 e. The zero-order chi connectivity index (χ0) is 45.1. The zero-order valence-electron chi connectivity index (χ0n) is 40.1. The maximum absolute atomic E-state index is 13.0. The number of rotatable bonds is 44. The number of amides is 1. The minimum absolute atomic E-state index is 0.190. The molecule has 0 aromatic heterocycles. The Morgan fingerprint density at radius 2 is 0.919 bits per heavy atom. The Balaban J connectivity index is 2.32. The Hall–Kier alpha value is -1.59. The lowest BCUT2D eigenvalue weighted by molar-refractivity contribution is -0.302. The van der Waals surface area contributed by atoms with Crippen molar-refractivity contribution >= 4 is 5.91 Å². The zero-order valence-corrected chi connectivity index (χ0v) is 40.1. The van der Waals surface area contributed by atoms with Crippen LogP contribution in [0.3, 0.4) is 0 Å². The molecular weight excluding hydrogens is 779 g/mol. The highest BCUT2D eigenvalue weighted by molar-refractivity contribution is 5.76. The fourth-order valence-corrected chi connectivity index (χ4v) is 8.23. The quantitative estimate of drug-likeness (QED) is 0.0262. The van der Waals surface area contributed by atoms with Gasteiger partial charge in [-0.15, -0.1) is 0 Å². The van der Waals surface area contributed by atoms with Gasteiger partial charge in [-0.1, -0.05) is 211 Å². The van der Waals surface area contributed by atoms with Crippen molar-refractivity contribution in [2.75, 3.05) is 13.2 Å². The summed E-state index contributed by atoms with van der Waals surface area (Å²) in [5, 5.41) is 54.3. The van der Waals surface area contributed by atoms with Crippen LogP contribution >= 0.6 is 0 Å². The highest BCUT2D eigenvalue weighted by atomic mass is 16.7. The molecule has 1 fully saturated rings. The predicted molar refractivity (Wildman–Crippen MR) is 258 cm³/mol. The number of aliphatic hydroxyl groups excluding tert-OH is 5. The second-order valence-electron chi connectivity index (χ2n) is 18.3. The average molecular weight is 878 g/mol. The summed E-state index contributed by atoms with van der Waals surface area (Å²) in [6.07, 6.45) is 47.7. The van der Waals surface area contributed by atoms with E-state index in [1.807, 2.05) is 6.08 Å². The van der Waals surface area contributed by atoms with Crippen LogP contribution in [0.4, 0.5) is 0 Å². The Labute approximate surface area is 381 Å². The normalized spacial score (nSPS) is 20.5. The van der Waals surface area contributed by atoms with Gasteiger partial charge in [0.2, 0.25) is 5.91 Å². The lowest BCUT2D eigenvalue weighted by atomic mass is 9.99. The summed E-state index contributed by atoms with van der Waals surface area (Å²) in [5.41, 5.74) is 0. The Bertz CT molecular complexity index is 1070. The van der Waals surface area contributed by atoms with Crippen molar-refractivity contribution < 1.29 is 39.8 Å². The lowest BCUT2D eigenvalue weighted by Crippen LogP contribution is -2.60. The van der Waals surface area contributed by atoms with Crippen molar-refractivity contribution in [3.05, 3.63) is 36.5 Å². The molecule has 6 N–H and O–H groups in total. The third-order valence-corrected chi connectivity index (χ3v) is 12.4. The number of unbranched alkanes of at least 4 members (excludes halogenated alkanes) is 30. The summed E-state index contributed by atoms with van der Waals surface area (Å²) in [5.74, 6) is -0.190. The summed E-state index contributed by atoms with van der Waals surface area (Å²) in [6, 6.07) is -0.823. The van der Waals surface area contributed by atoms with E-state index < -0.39 is 49.5 Å². The predicted octanol–water partition coefficient (Wildman–Crippen LogP) is 12.0. The monoisotopic (exact) mass is 878 g/mol. The largest absolute Gasteiger partial charge is 0.394 e. The number of ether oxygens (including phenoxy) is 2. The molecule has 1 aliphatic rings. The maximum atomic E-state index is 13.0. The first kappa shape index (κ1) is 58.4. The molecule has 364 valence electrons. The molecule has 9 nitrogen and oxygen atoms in total. The second kappa shape index (κ2) is 43.3. The van der Waals surface area contributed by atoms with Crippen LogP contribution in [0.15, 0.2) is 36.5 Å². The number of carbonyl (C=O) groups is 1. The van der Waals surface area contributed by atoms with Gasteiger partial charge in [-0.25, -0.2) is 0 Å². The Kier molecular flexibility index (Phi) is 40.8. The van der Waals surface area contributed by atoms with Crippen LogP contribution in [-0.2, 0) is 14.3 Å². The van der Waals surface area contributed by atoms with E-state index in [0.717, 1.165) is 51.4 Å². The van der Waals surface area contributed by atoms with Gasteiger partial charge in [0.05, 0.1) is 25.4 Å². The van der Waals surface area contributed by atoms with Gasteiger partial charge in [0.15, 0.2) is 6.29 Å². The second-order valence-corrected chi connectivity index (χ2v) is 18.3. The van der Waals surface area contributed by atoms with Gasteiger partial charge >= 0.3 is 0 Å². The van der Waals surface area contributed by atoms with Crippen molar-refractivity contribution in [3.8, 4) is 0 Å². The van der Waals surface area contributed by atoms with Crippen LogP contribution < -0.4 is 5.32 Å². The number of allylic oxidation sites excluding steroid dienone is 5. The topological polar surface area (TPSA) is 149 Å². The average Bonchev–Trinajstić information content (AvgIpc) is 3.27. The van der Waals surface area contributed by atoms with E-state index in [9.17, 15) is 30.3 Å². The third kappa shape index (κ3) is 33.0. The van der Waals surface area contributed by atoms with Gasteiger partial charge in [0.25, 0.3) is 0 Å². The molecule has 7 unspecified atom stereocenters. The van der Waals surface area contributed by atoms with Gasteiger partial charge in [-0.2, -0.15) is 0 Å². The molecule has 62 heavy (non-hydrogen) atoms. The molecule has 0 aliphatic carbocycles. The highest BCUT2D eigenvalue weighted by Gasteiger charge is 2.44. The van der Waals surface area contributed by atoms with Gasteiger partial charge in [-0.05, 0) is 57.8 Å². The number of hydrogen-bond donors (Lipinski definition) is 6. The van der Waals surface area contributed by atoms with E-state index in [0.29, 0.717) is 6.42 Å². The first-order valence-electron chi connectivity index (χ1n) is 26.2. The molecule has 0 saturated carbocycles. The molecule has 1 rings (SSSR count). The summed E-state index contributed by atoms with van der Waals surface area (Å²) < 4.78 is 11.2. The summed E-state index contributed by atoms with van der Waals surface area (Å²) in [6.45, 7) is 3.77. The van der Waals surface area contributed by atoms with Crippen LogP contribution in [0, 0.1) is 0 Å². The van der Waals surface area contributed by atoms with E-state index in [1.54, 1.807) is 6.08 Å². The number of nitrogens with one attached hydrogen (secondary N) is 1. The minimum atomic E-state index is -1.57. The van der Waals surface area contributed by atoms with Gasteiger partial charge in [-0.3, -0.25) is 4.79 Å². The van der Waals surface area contributed by atoms with Crippen LogP contribution in [0.1, 0.15) is 239 Å². The Morgan fingerprint density at radius 3 is 1.35 bits per heavy atom. The summed E-state index contributed by atoms with van der Waals surface area (Å²) >= 11 is 0. The SMILES string of the molecule is CCCCCCCCCC/C=C\CCCCCCCCCC(=O)NC(COC1OC(CO)C(O)C(O)C1O)C(O)/C=C/CC/C=C/CCCCCCCCCCCCCCCC. The van der Waals surface area contributed by atoms with Crippen LogP contribution in [0.2, 0.25) is 0 Å². The number of hydrogen-bond acceptors (Lipinski definition) is 8. The molecule has 0 bridgehead atoms. The van der Waals surface area contributed by atoms with E-state index in [1.165, 1.54) is 167 Å². The molecule has 9 heteroatoms. The number of aliphatic hydroxyl groups is 5. The molecule has 1 heterocycles. The van der Waals surface area contributed by atoms with Crippen molar-refractivity contribution in [3.63, 3.8) is 0 Å².